The molecule has 2 N–H and O–H groups in total. The van der Waals surface area contributed by atoms with Gasteiger partial charge in [0.15, 0.2) is 0 Å². The molecule has 3 heteroatoms. The summed E-state index contributed by atoms with van der Waals surface area (Å²) in [5, 5.41) is 18.7. The average molecular weight is 256 g/mol. The second kappa shape index (κ2) is 3.36. The Morgan fingerprint density at radius 3 is 2.20 bits per heavy atom. The van der Waals surface area contributed by atoms with Crippen molar-refractivity contribution in [2.24, 2.45) is 11.8 Å². The van der Waals surface area contributed by atoms with Crippen molar-refractivity contribution in [3.05, 3.63) is 0 Å². The van der Waals surface area contributed by atoms with E-state index in [0.717, 1.165) is 10.8 Å². The van der Waals surface area contributed by atoms with Gasteiger partial charge in [0.05, 0.1) is 12.2 Å². The van der Waals surface area contributed by atoms with Crippen molar-refractivity contribution in [2.45, 2.75) is 25.6 Å². The van der Waals surface area contributed by atoms with E-state index in [0.29, 0.717) is 5.92 Å². The molecular formula is C7H13IO2. The first kappa shape index (κ1) is 8.74. The summed E-state index contributed by atoms with van der Waals surface area (Å²) in [6.07, 6.45) is -0.00249. The van der Waals surface area contributed by atoms with Crippen molar-refractivity contribution in [2.75, 3.05) is 4.43 Å². The molecule has 1 aliphatic rings. The number of alkyl halides is 1. The Hall–Kier alpha value is 0.650. The first-order valence-corrected chi connectivity index (χ1v) is 5.11. The van der Waals surface area contributed by atoms with Gasteiger partial charge in [0, 0.05) is 4.43 Å². The molecule has 0 aromatic rings. The molecule has 0 spiro atoms. The van der Waals surface area contributed by atoms with E-state index in [9.17, 15) is 10.2 Å². The lowest BCUT2D eigenvalue weighted by Gasteiger charge is -2.13. The molecule has 0 saturated heterocycles. The van der Waals surface area contributed by atoms with E-state index in [1.165, 1.54) is 0 Å². The van der Waals surface area contributed by atoms with Gasteiger partial charge in [-0.25, -0.2) is 0 Å². The second-order valence-corrected chi connectivity index (χ2v) is 3.99. The second-order valence-electron chi connectivity index (χ2n) is 3.11. The number of aliphatic hydroxyl groups is 2. The molecule has 4 atom stereocenters. The Labute approximate surface area is 74.8 Å². The highest BCUT2D eigenvalue weighted by Crippen LogP contribution is 2.32. The summed E-state index contributed by atoms with van der Waals surface area (Å²) in [7, 11) is 0. The molecule has 60 valence electrons. The predicted octanol–water partition coefficient (Wildman–Crippen LogP) is 0.799. The van der Waals surface area contributed by atoms with Crippen LogP contribution in [0.2, 0.25) is 0 Å². The summed E-state index contributed by atoms with van der Waals surface area (Å²) in [5.74, 6) is 0.584. The molecule has 0 amide bonds. The van der Waals surface area contributed by atoms with E-state index in [2.05, 4.69) is 22.6 Å². The Balaban J connectivity index is 2.53. The summed E-state index contributed by atoms with van der Waals surface area (Å²) in [6.45, 7) is 1.99. The summed E-state index contributed by atoms with van der Waals surface area (Å²) < 4.78 is 0.945. The van der Waals surface area contributed by atoms with Crippen LogP contribution in [0.25, 0.3) is 0 Å². The molecule has 0 bridgehead atoms. The zero-order valence-electron chi connectivity index (χ0n) is 6.00. The van der Waals surface area contributed by atoms with E-state index in [4.69, 9.17) is 0 Å². The van der Waals surface area contributed by atoms with E-state index < -0.39 is 12.2 Å². The number of hydrogen-bond acceptors (Lipinski definition) is 2. The number of rotatable bonds is 1. The Bertz CT molecular complexity index is 118. The van der Waals surface area contributed by atoms with Crippen LogP contribution in [0, 0.1) is 11.8 Å². The van der Waals surface area contributed by atoms with Crippen LogP contribution in [0.5, 0.6) is 0 Å². The molecule has 1 fully saturated rings. The molecular weight excluding hydrogens is 243 g/mol. The molecule has 1 aliphatic carbocycles. The molecule has 4 unspecified atom stereocenters. The van der Waals surface area contributed by atoms with E-state index in [1.54, 1.807) is 0 Å². The van der Waals surface area contributed by atoms with Crippen LogP contribution in [0.1, 0.15) is 13.3 Å². The largest absolute Gasteiger partial charge is 0.390 e. The van der Waals surface area contributed by atoms with Gasteiger partial charge in [-0.2, -0.15) is 0 Å². The molecule has 10 heavy (non-hydrogen) atoms. The average Bonchev–Trinajstić information content (AvgIpc) is 2.17. The Kier molecular flexibility index (Phi) is 2.94. The van der Waals surface area contributed by atoms with Gasteiger partial charge < -0.3 is 10.2 Å². The molecule has 0 aliphatic heterocycles. The SMILES string of the molecule is CC1CC(CI)C(O)C1O. The molecule has 2 nitrogen and oxygen atoms in total. The standard InChI is InChI=1S/C7H13IO2/c1-4-2-5(3-8)7(10)6(4)9/h4-7,9-10H,2-3H2,1H3. The van der Waals surface area contributed by atoms with Gasteiger partial charge in [-0.3, -0.25) is 0 Å². The smallest absolute Gasteiger partial charge is 0.0837 e. The Morgan fingerprint density at radius 2 is 2.00 bits per heavy atom. The molecule has 1 saturated carbocycles. The lowest BCUT2D eigenvalue weighted by Crippen LogP contribution is -2.27. The van der Waals surface area contributed by atoms with Crippen molar-refractivity contribution in [3.63, 3.8) is 0 Å². The minimum Gasteiger partial charge on any atom is -0.390 e. The highest BCUT2D eigenvalue weighted by atomic mass is 127. The van der Waals surface area contributed by atoms with Crippen molar-refractivity contribution in [1.29, 1.82) is 0 Å². The fourth-order valence-electron chi connectivity index (χ4n) is 1.53. The van der Waals surface area contributed by atoms with Crippen LogP contribution in [-0.4, -0.2) is 26.8 Å². The van der Waals surface area contributed by atoms with Crippen LogP contribution in [0.15, 0.2) is 0 Å². The summed E-state index contributed by atoms with van der Waals surface area (Å²) in [5.41, 5.74) is 0. The van der Waals surface area contributed by atoms with Crippen LogP contribution >= 0.6 is 22.6 Å². The van der Waals surface area contributed by atoms with E-state index in [-0.39, 0.29) is 5.92 Å². The maximum absolute atomic E-state index is 9.37. The minimum atomic E-state index is -0.486. The van der Waals surface area contributed by atoms with Gasteiger partial charge in [0.25, 0.3) is 0 Å². The summed E-state index contributed by atoms with van der Waals surface area (Å²) in [6, 6.07) is 0. The molecule has 0 heterocycles. The maximum Gasteiger partial charge on any atom is 0.0837 e. The van der Waals surface area contributed by atoms with Crippen molar-refractivity contribution in [1.82, 2.24) is 0 Å². The van der Waals surface area contributed by atoms with Crippen LogP contribution in [-0.2, 0) is 0 Å². The van der Waals surface area contributed by atoms with Crippen LogP contribution in [0.3, 0.4) is 0 Å². The first-order chi connectivity index (χ1) is 4.66. The zero-order chi connectivity index (χ0) is 7.72. The molecule has 0 radical (unpaired) electrons. The van der Waals surface area contributed by atoms with Gasteiger partial charge in [-0.1, -0.05) is 29.5 Å². The molecule has 0 aromatic heterocycles. The molecule has 1 rings (SSSR count). The van der Waals surface area contributed by atoms with Gasteiger partial charge >= 0.3 is 0 Å². The van der Waals surface area contributed by atoms with Gasteiger partial charge in [-0.05, 0) is 18.3 Å². The van der Waals surface area contributed by atoms with E-state index >= 15 is 0 Å². The fraction of sp³-hybridized carbons (Fsp3) is 1.00. The predicted molar refractivity (Wildman–Crippen MR) is 48.2 cm³/mol. The third kappa shape index (κ3) is 1.46. The third-order valence-electron chi connectivity index (χ3n) is 2.29. The highest BCUT2D eigenvalue weighted by Gasteiger charge is 2.37. The number of halogens is 1. The quantitative estimate of drug-likeness (QED) is 0.538. The lowest BCUT2D eigenvalue weighted by atomic mass is 10.1. The third-order valence-corrected chi connectivity index (χ3v) is 3.42. The van der Waals surface area contributed by atoms with Gasteiger partial charge in [0.1, 0.15) is 0 Å². The van der Waals surface area contributed by atoms with Crippen LogP contribution in [0.4, 0.5) is 0 Å². The van der Waals surface area contributed by atoms with E-state index in [1.807, 2.05) is 6.92 Å². The normalized spacial score (nSPS) is 48.0. The number of hydrogen-bond donors (Lipinski definition) is 2. The first-order valence-electron chi connectivity index (χ1n) is 3.59. The Morgan fingerprint density at radius 1 is 1.40 bits per heavy atom. The lowest BCUT2D eigenvalue weighted by molar-refractivity contribution is 0.0110. The highest BCUT2D eigenvalue weighted by molar-refractivity contribution is 14.1. The molecule has 0 aromatic carbocycles. The van der Waals surface area contributed by atoms with Crippen molar-refractivity contribution >= 4 is 22.6 Å². The van der Waals surface area contributed by atoms with Crippen molar-refractivity contribution in [3.8, 4) is 0 Å². The maximum atomic E-state index is 9.37. The summed E-state index contributed by atoms with van der Waals surface area (Å²) >= 11 is 2.25. The van der Waals surface area contributed by atoms with Gasteiger partial charge in [-0.15, -0.1) is 0 Å². The van der Waals surface area contributed by atoms with Gasteiger partial charge in [0.2, 0.25) is 0 Å². The summed E-state index contributed by atoms with van der Waals surface area (Å²) in [4.78, 5) is 0. The zero-order valence-corrected chi connectivity index (χ0v) is 8.15. The van der Waals surface area contributed by atoms with Crippen LogP contribution < -0.4 is 0 Å². The minimum absolute atomic E-state index is 0.273. The monoisotopic (exact) mass is 256 g/mol. The fourth-order valence-corrected chi connectivity index (χ4v) is 2.41. The van der Waals surface area contributed by atoms with Crippen molar-refractivity contribution < 1.29 is 10.2 Å². The topological polar surface area (TPSA) is 40.5 Å². The number of aliphatic hydroxyl groups excluding tert-OH is 2.